The van der Waals surface area contributed by atoms with Gasteiger partial charge in [0.25, 0.3) is 0 Å². The van der Waals surface area contributed by atoms with Crippen LogP contribution in [0.4, 0.5) is 10.6 Å². The number of carboxylic acid groups (broad SMARTS) is 1. The monoisotopic (exact) mass is 299 g/mol. The van der Waals surface area contributed by atoms with Crippen LogP contribution in [0.15, 0.2) is 41.5 Å². The second kappa shape index (κ2) is 4.99. The van der Waals surface area contributed by atoms with Crippen LogP contribution in [0.3, 0.4) is 0 Å². The molecule has 1 atom stereocenters. The summed E-state index contributed by atoms with van der Waals surface area (Å²) in [6.45, 7) is 1.77. The first-order valence-corrected chi connectivity index (χ1v) is 6.53. The molecule has 22 heavy (non-hydrogen) atoms. The number of pyridine rings is 2. The van der Waals surface area contributed by atoms with Crippen molar-refractivity contribution >= 4 is 23.1 Å². The molecule has 0 aliphatic rings. The van der Waals surface area contributed by atoms with Gasteiger partial charge in [-0.15, -0.1) is 0 Å². The van der Waals surface area contributed by atoms with Crippen molar-refractivity contribution in [2.45, 2.75) is 13.0 Å². The Morgan fingerprint density at radius 2 is 2.14 bits per heavy atom. The lowest BCUT2D eigenvalue weighted by atomic mass is 10.1. The Morgan fingerprint density at radius 1 is 1.36 bits per heavy atom. The van der Waals surface area contributed by atoms with E-state index in [1.807, 2.05) is 0 Å². The third kappa shape index (κ3) is 2.01. The van der Waals surface area contributed by atoms with E-state index < -0.39 is 17.8 Å². The SMILES string of the molecule is CC(c1cccnc1)n1c(=O)n(C(=O)O)c2ccc(N)nc21. The third-order valence-electron chi connectivity index (χ3n) is 3.49. The lowest BCUT2D eigenvalue weighted by Gasteiger charge is -2.12. The molecule has 0 amide bonds. The van der Waals surface area contributed by atoms with Crippen molar-refractivity contribution in [2.24, 2.45) is 0 Å². The number of imidazole rings is 1. The minimum absolute atomic E-state index is 0.197. The Labute approximate surface area is 124 Å². The minimum atomic E-state index is -1.36. The lowest BCUT2D eigenvalue weighted by molar-refractivity contribution is 0.196. The van der Waals surface area contributed by atoms with Gasteiger partial charge in [0.2, 0.25) is 0 Å². The number of nitrogens with zero attached hydrogens (tertiary/aromatic N) is 4. The molecule has 3 N–H and O–H groups in total. The molecule has 3 heterocycles. The first-order chi connectivity index (χ1) is 10.5. The van der Waals surface area contributed by atoms with Gasteiger partial charge in [-0.05, 0) is 30.7 Å². The standard InChI is InChI=1S/C14H13N5O3/c1-8(9-3-2-6-16-7-9)18-12-10(4-5-11(15)17-12)19(13(18)20)14(21)22/h2-8H,1H3,(H2,15,17)(H,21,22). The van der Waals surface area contributed by atoms with Gasteiger partial charge < -0.3 is 10.8 Å². The van der Waals surface area contributed by atoms with Crippen LogP contribution in [0.2, 0.25) is 0 Å². The normalized spacial score (nSPS) is 12.4. The van der Waals surface area contributed by atoms with Gasteiger partial charge in [0.15, 0.2) is 5.65 Å². The maximum absolute atomic E-state index is 12.5. The van der Waals surface area contributed by atoms with Gasteiger partial charge in [0.1, 0.15) is 11.3 Å². The third-order valence-corrected chi connectivity index (χ3v) is 3.49. The molecule has 1 unspecified atom stereocenters. The van der Waals surface area contributed by atoms with E-state index in [-0.39, 0.29) is 17.0 Å². The predicted octanol–water partition coefficient (Wildman–Crippen LogP) is 1.31. The van der Waals surface area contributed by atoms with E-state index in [9.17, 15) is 14.7 Å². The number of anilines is 1. The van der Waals surface area contributed by atoms with Crippen molar-refractivity contribution in [3.63, 3.8) is 0 Å². The molecule has 0 aromatic carbocycles. The summed E-state index contributed by atoms with van der Waals surface area (Å²) in [7, 11) is 0. The van der Waals surface area contributed by atoms with E-state index in [2.05, 4.69) is 9.97 Å². The van der Waals surface area contributed by atoms with E-state index >= 15 is 0 Å². The summed E-state index contributed by atoms with van der Waals surface area (Å²) in [6, 6.07) is 6.05. The Balaban J connectivity index is 2.34. The maximum Gasteiger partial charge on any atom is 0.420 e. The highest BCUT2D eigenvalue weighted by atomic mass is 16.4. The first kappa shape index (κ1) is 13.8. The number of fused-ring (bicyclic) bond motifs is 1. The Bertz CT molecular complexity index is 913. The fourth-order valence-corrected chi connectivity index (χ4v) is 2.41. The predicted molar refractivity (Wildman–Crippen MR) is 79.9 cm³/mol. The average Bonchev–Trinajstić information content (AvgIpc) is 2.78. The highest BCUT2D eigenvalue weighted by Crippen LogP contribution is 2.21. The molecule has 0 bridgehead atoms. The zero-order valence-electron chi connectivity index (χ0n) is 11.7. The quantitative estimate of drug-likeness (QED) is 0.737. The van der Waals surface area contributed by atoms with Gasteiger partial charge in [-0.3, -0.25) is 9.55 Å². The van der Waals surface area contributed by atoms with Crippen LogP contribution in [0.1, 0.15) is 18.5 Å². The molecule has 3 aromatic heterocycles. The van der Waals surface area contributed by atoms with Crippen LogP contribution in [0.25, 0.3) is 11.2 Å². The molecule has 0 fully saturated rings. The van der Waals surface area contributed by atoms with Gasteiger partial charge in [-0.2, -0.15) is 4.57 Å². The fraction of sp³-hybridized carbons (Fsp3) is 0.143. The van der Waals surface area contributed by atoms with Crippen molar-refractivity contribution in [2.75, 3.05) is 5.73 Å². The van der Waals surface area contributed by atoms with E-state index in [4.69, 9.17) is 5.73 Å². The molecule has 0 aliphatic heterocycles. The molecular formula is C14H13N5O3. The molecule has 8 heteroatoms. The minimum Gasteiger partial charge on any atom is -0.464 e. The van der Waals surface area contributed by atoms with Crippen molar-refractivity contribution in [1.82, 2.24) is 19.1 Å². The Kier molecular flexibility index (Phi) is 3.13. The summed E-state index contributed by atoms with van der Waals surface area (Å²) in [5.41, 5.74) is 6.17. The van der Waals surface area contributed by atoms with E-state index in [0.717, 1.165) is 5.56 Å². The fourth-order valence-electron chi connectivity index (χ4n) is 2.41. The van der Waals surface area contributed by atoms with E-state index in [1.54, 1.807) is 31.5 Å². The van der Waals surface area contributed by atoms with Crippen molar-refractivity contribution in [3.05, 3.63) is 52.7 Å². The molecule has 0 saturated carbocycles. The zero-order chi connectivity index (χ0) is 15.9. The number of carbonyl (C=O) groups is 1. The largest absolute Gasteiger partial charge is 0.464 e. The van der Waals surface area contributed by atoms with Crippen molar-refractivity contribution in [3.8, 4) is 0 Å². The first-order valence-electron chi connectivity index (χ1n) is 6.53. The van der Waals surface area contributed by atoms with E-state index in [1.165, 1.54) is 16.7 Å². The smallest absolute Gasteiger partial charge is 0.420 e. The molecular weight excluding hydrogens is 286 g/mol. The van der Waals surface area contributed by atoms with Gasteiger partial charge in [-0.25, -0.2) is 14.6 Å². The van der Waals surface area contributed by atoms with Crippen LogP contribution >= 0.6 is 0 Å². The topological polar surface area (TPSA) is 116 Å². The highest BCUT2D eigenvalue weighted by Gasteiger charge is 2.23. The van der Waals surface area contributed by atoms with Crippen LogP contribution in [0.5, 0.6) is 0 Å². The molecule has 0 aliphatic carbocycles. The van der Waals surface area contributed by atoms with Crippen LogP contribution in [0, 0.1) is 0 Å². The summed E-state index contributed by atoms with van der Waals surface area (Å²) >= 11 is 0. The lowest BCUT2D eigenvalue weighted by Crippen LogP contribution is -2.30. The van der Waals surface area contributed by atoms with Crippen molar-refractivity contribution < 1.29 is 9.90 Å². The molecule has 3 aromatic rings. The van der Waals surface area contributed by atoms with Gasteiger partial charge in [-0.1, -0.05) is 6.07 Å². The summed E-state index contributed by atoms with van der Waals surface area (Å²) in [6.07, 6.45) is 1.88. The Hall–Kier alpha value is -3.16. The van der Waals surface area contributed by atoms with Crippen LogP contribution in [-0.2, 0) is 0 Å². The second-order valence-electron chi connectivity index (χ2n) is 4.81. The van der Waals surface area contributed by atoms with Gasteiger partial charge in [0, 0.05) is 12.4 Å². The zero-order valence-corrected chi connectivity index (χ0v) is 11.7. The van der Waals surface area contributed by atoms with Crippen LogP contribution in [-0.4, -0.2) is 30.3 Å². The molecule has 112 valence electrons. The summed E-state index contributed by atoms with van der Waals surface area (Å²) in [5.74, 6) is 0.210. The summed E-state index contributed by atoms with van der Waals surface area (Å²) < 4.78 is 1.96. The summed E-state index contributed by atoms with van der Waals surface area (Å²) in [5, 5.41) is 9.28. The van der Waals surface area contributed by atoms with E-state index in [0.29, 0.717) is 4.57 Å². The Morgan fingerprint density at radius 3 is 2.77 bits per heavy atom. The number of rotatable bonds is 2. The molecule has 8 nitrogen and oxygen atoms in total. The van der Waals surface area contributed by atoms with Gasteiger partial charge in [0.05, 0.1) is 6.04 Å². The molecule has 0 spiro atoms. The molecule has 0 radical (unpaired) electrons. The number of aromatic nitrogens is 4. The number of nitrogens with two attached hydrogens (primary N) is 1. The van der Waals surface area contributed by atoms with Crippen LogP contribution < -0.4 is 11.4 Å². The maximum atomic E-state index is 12.5. The molecule has 0 saturated heterocycles. The number of hydrogen-bond donors (Lipinski definition) is 2. The average molecular weight is 299 g/mol. The highest BCUT2D eigenvalue weighted by molar-refractivity contribution is 5.84. The second-order valence-corrected chi connectivity index (χ2v) is 4.81. The molecule has 3 rings (SSSR count). The summed E-state index contributed by atoms with van der Waals surface area (Å²) in [4.78, 5) is 32.0. The van der Waals surface area contributed by atoms with Crippen molar-refractivity contribution in [1.29, 1.82) is 0 Å². The van der Waals surface area contributed by atoms with Gasteiger partial charge >= 0.3 is 11.8 Å². The number of nitrogen functional groups attached to an aromatic ring is 1. The number of hydrogen-bond acceptors (Lipinski definition) is 5.